The van der Waals surface area contributed by atoms with Crippen LogP contribution in [-0.4, -0.2) is 19.6 Å². The average Bonchev–Trinajstić information content (AvgIpc) is 3.13. The van der Waals surface area contributed by atoms with Crippen molar-refractivity contribution in [1.82, 2.24) is 19.6 Å². The van der Waals surface area contributed by atoms with Gasteiger partial charge in [0.1, 0.15) is 0 Å². The minimum absolute atomic E-state index is 0.759. The van der Waals surface area contributed by atoms with Gasteiger partial charge >= 0.3 is 0 Å². The van der Waals surface area contributed by atoms with E-state index in [0.29, 0.717) is 0 Å². The lowest BCUT2D eigenvalue weighted by atomic mass is 10.2. The summed E-state index contributed by atoms with van der Waals surface area (Å²) >= 11 is 1.55. The van der Waals surface area contributed by atoms with Gasteiger partial charge in [-0.1, -0.05) is 41.7 Å². The second kappa shape index (κ2) is 5.57. The first kappa shape index (κ1) is 13.0. The van der Waals surface area contributed by atoms with Gasteiger partial charge in [0.15, 0.2) is 0 Å². The van der Waals surface area contributed by atoms with Crippen LogP contribution in [0.3, 0.4) is 0 Å². The molecular formula is C16H13N5S. The number of benzene rings is 1. The van der Waals surface area contributed by atoms with Gasteiger partial charge in [-0.3, -0.25) is 4.98 Å². The molecular weight excluding hydrogens is 294 g/mol. The van der Waals surface area contributed by atoms with E-state index in [4.69, 9.17) is 0 Å². The summed E-state index contributed by atoms with van der Waals surface area (Å²) in [5.41, 5.74) is 3.19. The number of rotatable bonds is 4. The SMILES string of the molecule is c1ccc(CNc2nn3cc(-c4ccncc4)nc3s2)cc1. The predicted octanol–water partition coefficient (Wildman–Crippen LogP) is 3.46. The molecule has 5 nitrogen and oxygen atoms in total. The zero-order valence-electron chi connectivity index (χ0n) is 11.7. The van der Waals surface area contributed by atoms with Crippen molar-refractivity contribution in [3.05, 3.63) is 66.6 Å². The minimum Gasteiger partial charge on any atom is -0.356 e. The van der Waals surface area contributed by atoms with Gasteiger partial charge in [0.25, 0.3) is 0 Å². The number of anilines is 1. The Hall–Kier alpha value is -2.73. The van der Waals surface area contributed by atoms with Crippen molar-refractivity contribution in [3.63, 3.8) is 0 Å². The lowest BCUT2D eigenvalue weighted by molar-refractivity contribution is 0.962. The Morgan fingerprint density at radius 1 is 1.05 bits per heavy atom. The number of hydrogen-bond acceptors (Lipinski definition) is 5. The van der Waals surface area contributed by atoms with Crippen molar-refractivity contribution in [2.75, 3.05) is 5.32 Å². The maximum atomic E-state index is 4.61. The molecule has 0 saturated heterocycles. The number of nitrogens with one attached hydrogen (secondary N) is 1. The van der Waals surface area contributed by atoms with Crippen molar-refractivity contribution in [2.45, 2.75) is 6.54 Å². The van der Waals surface area contributed by atoms with E-state index >= 15 is 0 Å². The molecule has 0 bridgehead atoms. The van der Waals surface area contributed by atoms with Gasteiger partial charge < -0.3 is 5.32 Å². The largest absolute Gasteiger partial charge is 0.356 e. The third-order valence-electron chi connectivity index (χ3n) is 3.31. The fourth-order valence-corrected chi connectivity index (χ4v) is 2.98. The summed E-state index contributed by atoms with van der Waals surface area (Å²) in [6.07, 6.45) is 5.47. The highest BCUT2D eigenvalue weighted by Gasteiger charge is 2.09. The number of fused-ring (bicyclic) bond motifs is 1. The summed E-state index contributed by atoms with van der Waals surface area (Å²) in [5, 5.41) is 8.72. The first-order chi connectivity index (χ1) is 10.9. The fraction of sp³-hybridized carbons (Fsp3) is 0.0625. The van der Waals surface area contributed by atoms with Crippen LogP contribution in [0.15, 0.2) is 61.1 Å². The van der Waals surface area contributed by atoms with Crippen molar-refractivity contribution in [2.24, 2.45) is 0 Å². The Balaban J connectivity index is 1.54. The van der Waals surface area contributed by atoms with Crippen molar-refractivity contribution < 1.29 is 0 Å². The molecule has 0 radical (unpaired) electrons. The summed E-state index contributed by atoms with van der Waals surface area (Å²) in [7, 11) is 0. The molecule has 4 aromatic rings. The second-order valence-electron chi connectivity index (χ2n) is 4.84. The van der Waals surface area contributed by atoms with Crippen LogP contribution in [0.5, 0.6) is 0 Å². The first-order valence-electron chi connectivity index (χ1n) is 6.93. The van der Waals surface area contributed by atoms with Crippen LogP contribution in [-0.2, 0) is 6.54 Å². The van der Waals surface area contributed by atoms with Crippen molar-refractivity contribution >= 4 is 21.4 Å². The van der Waals surface area contributed by atoms with E-state index in [1.807, 2.05) is 41.0 Å². The average molecular weight is 307 g/mol. The van der Waals surface area contributed by atoms with Crippen LogP contribution in [0, 0.1) is 0 Å². The summed E-state index contributed by atoms with van der Waals surface area (Å²) in [6, 6.07) is 14.2. The summed E-state index contributed by atoms with van der Waals surface area (Å²) in [5.74, 6) is 0. The number of pyridine rings is 1. The zero-order chi connectivity index (χ0) is 14.8. The molecule has 0 unspecified atom stereocenters. The minimum atomic E-state index is 0.759. The van der Waals surface area contributed by atoms with E-state index < -0.39 is 0 Å². The predicted molar refractivity (Wildman–Crippen MR) is 87.9 cm³/mol. The van der Waals surface area contributed by atoms with Gasteiger partial charge in [-0.15, -0.1) is 5.10 Å². The van der Waals surface area contributed by atoms with Crippen LogP contribution in [0.1, 0.15) is 5.56 Å². The standard InChI is InChI=1S/C16H13N5S/c1-2-4-12(5-3-1)10-18-15-20-21-11-14(19-16(21)22-15)13-6-8-17-9-7-13/h1-9,11H,10H2,(H,18,20). The lowest BCUT2D eigenvalue weighted by Gasteiger charge is -2.01. The molecule has 0 atom stereocenters. The Morgan fingerprint density at radius 3 is 2.64 bits per heavy atom. The van der Waals surface area contributed by atoms with Gasteiger partial charge in [-0.05, 0) is 17.7 Å². The zero-order valence-corrected chi connectivity index (χ0v) is 12.5. The number of aromatic nitrogens is 4. The highest BCUT2D eigenvalue weighted by atomic mass is 32.1. The molecule has 0 saturated carbocycles. The van der Waals surface area contributed by atoms with Crippen LogP contribution >= 0.6 is 11.3 Å². The van der Waals surface area contributed by atoms with Gasteiger partial charge in [0.2, 0.25) is 10.1 Å². The monoisotopic (exact) mass is 307 g/mol. The van der Waals surface area contributed by atoms with E-state index in [1.54, 1.807) is 23.7 Å². The summed E-state index contributed by atoms with van der Waals surface area (Å²) in [4.78, 5) is 9.51. The van der Waals surface area contributed by atoms with Crippen LogP contribution in [0.2, 0.25) is 0 Å². The molecule has 0 aliphatic carbocycles. The smallest absolute Gasteiger partial charge is 0.214 e. The molecule has 6 heteroatoms. The molecule has 0 aliphatic heterocycles. The maximum Gasteiger partial charge on any atom is 0.214 e. The Bertz CT molecular complexity index is 851. The molecule has 108 valence electrons. The first-order valence-corrected chi connectivity index (χ1v) is 7.74. The van der Waals surface area contributed by atoms with Gasteiger partial charge in [-0.2, -0.15) is 0 Å². The van der Waals surface area contributed by atoms with Gasteiger partial charge in [-0.25, -0.2) is 9.50 Å². The molecule has 0 aliphatic rings. The number of nitrogens with zero attached hydrogens (tertiary/aromatic N) is 4. The number of hydrogen-bond donors (Lipinski definition) is 1. The molecule has 1 N–H and O–H groups in total. The lowest BCUT2D eigenvalue weighted by Crippen LogP contribution is -1.99. The number of imidazole rings is 1. The van der Waals surface area contributed by atoms with E-state index in [2.05, 4.69) is 32.5 Å². The van der Waals surface area contributed by atoms with Crippen molar-refractivity contribution in [3.8, 4) is 11.3 Å². The van der Waals surface area contributed by atoms with E-state index in [9.17, 15) is 0 Å². The van der Waals surface area contributed by atoms with E-state index in [0.717, 1.165) is 27.9 Å². The Labute approximate surface area is 131 Å². The molecule has 22 heavy (non-hydrogen) atoms. The van der Waals surface area contributed by atoms with Gasteiger partial charge in [0, 0.05) is 24.5 Å². The molecule has 0 fully saturated rings. The third-order valence-corrected chi connectivity index (χ3v) is 4.19. The molecule has 0 amide bonds. The van der Waals surface area contributed by atoms with Crippen LogP contribution in [0.4, 0.5) is 5.13 Å². The Kier molecular flexibility index (Phi) is 3.29. The second-order valence-corrected chi connectivity index (χ2v) is 5.79. The third kappa shape index (κ3) is 2.56. The van der Waals surface area contributed by atoms with Gasteiger partial charge in [0.05, 0.1) is 11.9 Å². The fourth-order valence-electron chi connectivity index (χ4n) is 2.21. The Morgan fingerprint density at radius 2 is 1.86 bits per heavy atom. The highest BCUT2D eigenvalue weighted by molar-refractivity contribution is 7.20. The summed E-state index contributed by atoms with van der Waals surface area (Å²) < 4.78 is 1.81. The molecule has 0 spiro atoms. The summed E-state index contributed by atoms with van der Waals surface area (Å²) in [6.45, 7) is 0.759. The van der Waals surface area contributed by atoms with Crippen molar-refractivity contribution in [1.29, 1.82) is 0 Å². The molecule has 1 aromatic carbocycles. The van der Waals surface area contributed by atoms with E-state index in [1.165, 1.54) is 5.56 Å². The highest BCUT2D eigenvalue weighted by Crippen LogP contribution is 2.24. The normalized spacial score (nSPS) is 10.9. The quantitative estimate of drug-likeness (QED) is 0.627. The maximum absolute atomic E-state index is 4.61. The van der Waals surface area contributed by atoms with E-state index in [-0.39, 0.29) is 0 Å². The molecule has 3 aromatic heterocycles. The molecule has 4 rings (SSSR count). The molecule has 3 heterocycles. The van der Waals surface area contributed by atoms with Crippen LogP contribution < -0.4 is 5.32 Å². The van der Waals surface area contributed by atoms with Crippen LogP contribution in [0.25, 0.3) is 16.2 Å². The topological polar surface area (TPSA) is 55.1 Å².